The van der Waals surface area contributed by atoms with Gasteiger partial charge in [0.05, 0.1) is 17.3 Å². The second kappa shape index (κ2) is 7.68. The first-order valence-corrected chi connectivity index (χ1v) is 9.14. The summed E-state index contributed by atoms with van der Waals surface area (Å²) in [5.74, 6) is 0.326. The molecular formula is C20H26FN3O3. The minimum Gasteiger partial charge on any atom is -0.444 e. The molecule has 1 aliphatic carbocycles. The summed E-state index contributed by atoms with van der Waals surface area (Å²) in [7, 11) is 0. The van der Waals surface area contributed by atoms with Gasteiger partial charge in [-0.15, -0.1) is 0 Å². The van der Waals surface area contributed by atoms with Crippen molar-refractivity contribution in [3.63, 3.8) is 0 Å². The number of aromatic nitrogens is 2. The molecule has 0 saturated heterocycles. The molecule has 2 aromatic rings. The number of aliphatic hydroxyl groups excluding tert-OH is 1. The molecule has 1 aromatic heterocycles. The van der Waals surface area contributed by atoms with Gasteiger partial charge in [-0.25, -0.2) is 13.9 Å². The number of ether oxygens (including phenoxy) is 1. The monoisotopic (exact) mass is 375 g/mol. The van der Waals surface area contributed by atoms with Gasteiger partial charge in [-0.05, 0) is 39.2 Å². The summed E-state index contributed by atoms with van der Waals surface area (Å²) >= 11 is 0. The minimum absolute atomic E-state index is 0.167. The number of alkyl halides is 1. The molecule has 2 N–H and O–H groups in total. The van der Waals surface area contributed by atoms with E-state index in [4.69, 9.17) is 4.74 Å². The molecule has 3 unspecified atom stereocenters. The Kier molecular flexibility index (Phi) is 5.51. The summed E-state index contributed by atoms with van der Waals surface area (Å²) in [6, 6.07) is 11.2. The third-order valence-corrected chi connectivity index (χ3v) is 4.68. The number of benzene rings is 1. The molecule has 1 amide bonds. The highest BCUT2D eigenvalue weighted by molar-refractivity contribution is 5.83. The Hall–Kier alpha value is -2.41. The largest absolute Gasteiger partial charge is 0.444 e. The maximum absolute atomic E-state index is 13.7. The maximum atomic E-state index is 13.7. The van der Waals surface area contributed by atoms with Gasteiger partial charge in [-0.1, -0.05) is 30.3 Å². The number of carbonyl (C=O) groups is 1. The fourth-order valence-corrected chi connectivity index (χ4v) is 3.27. The number of nitrogens with one attached hydrogen (secondary N) is 1. The third kappa shape index (κ3) is 4.66. The summed E-state index contributed by atoms with van der Waals surface area (Å²) in [5.41, 5.74) is 1.18. The van der Waals surface area contributed by atoms with Crippen LogP contribution in [0.1, 0.15) is 50.8 Å². The van der Waals surface area contributed by atoms with Crippen LogP contribution in [0, 0.1) is 0 Å². The summed E-state index contributed by atoms with van der Waals surface area (Å²) in [4.78, 5) is 12.2. The van der Waals surface area contributed by atoms with Crippen LogP contribution in [0.15, 0.2) is 36.4 Å². The normalized spacial score (nSPS) is 22.6. The molecule has 1 saturated carbocycles. The molecule has 3 rings (SSSR count). The van der Waals surface area contributed by atoms with Crippen LogP contribution in [0.4, 0.5) is 15.0 Å². The second-order valence-electron chi connectivity index (χ2n) is 7.98. The van der Waals surface area contributed by atoms with Gasteiger partial charge in [0.2, 0.25) is 0 Å². The Balaban J connectivity index is 1.72. The summed E-state index contributed by atoms with van der Waals surface area (Å²) in [6.07, 6.45) is -2.20. The molecule has 6 nitrogen and oxygen atoms in total. The summed E-state index contributed by atoms with van der Waals surface area (Å²) in [5, 5.41) is 17.0. The first-order chi connectivity index (χ1) is 12.7. The highest BCUT2D eigenvalue weighted by Crippen LogP contribution is 2.37. The topological polar surface area (TPSA) is 76.4 Å². The van der Waals surface area contributed by atoms with Crippen LogP contribution in [-0.4, -0.2) is 33.3 Å². The van der Waals surface area contributed by atoms with Crippen molar-refractivity contribution in [1.82, 2.24) is 9.78 Å². The van der Waals surface area contributed by atoms with E-state index < -0.39 is 18.4 Å². The SMILES string of the molecule is CC(C)(C)n1nc(C2CC(O)C(F)C2)cc1NC(=O)OCc1ccccc1. The van der Waals surface area contributed by atoms with Crippen molar-refractivity contribution in [1.29, 1.82) is 0 Å². The lowest BCUT2D eigenvalue weighted by Crippen LogP contribution is -2.27. The highest BCUT2D eigenvalue weighted by Gasteiger charge is 2.36. The van der Waals surface area contributed by atoms with E-state index in [9.17, 15) is 14.3 Å². The van der Waals surface area contributed by atoms with E-state index in [0.717, 1.165) is 5.56 Å². The molecule has 3 atom stereocenters. The first-order valence-electron chi connectivity index (χ1n) is 9.14. The van der Waals surface area contributed by atoms with Crippen molar-refractivity contribution in [2.75, 3.05) is 5.32 Å². The summed E-state index contributed by atoms with van der Waals surface area (Å²) < 4.78 is 20.7. The van der Waals surface area contributed by atoms with Crippen LogP contribution in [0.2, 0.25) is 0 Å². The molecule has 0 radical (unpaired) electrons. The average molecular weight is 375 g/mol. The Bertz CT molecular complexity index is 776. The molecule has 7 heteroatoms. The number of amides is 1. The predicted molar refractivity (Wildman–Crippen MR) is 100 cm³/mol. The van der Waals surface area contributed by atoms with E-state index in [1.807, 2.05) is 51.1 Å². The van der Waals surface area contributed by atoms with Crippen LogP contribution in [0.3, 0.4) is 0 Å². The summed E-state index contributed by atoms with van der Waals surface area (Å²) in [6.45, 7) is 6.06. The van der Waals surface area contributed by atoms with Crippen molar-refractivity contribution in [2.45, 2.75) is 64.0 Å². The number of carbonyl (C=O) groups excluding carboxylic acids is 1. The van der Waals surface area contributed by atoms with Gasteiger partial charge in [-0.3, -0.25) is 5.32 Å². The van der Waals surface area contributed by atoms with Gasteiger partial charge in [0.25, 0.3) is 0 Å². The minimum atomic E-state index is -1.23. The van der Waals surface area contributed by atoms with E-state index in [2.05, 4.69) is 10.4 Å². The van der Waals surface area contributed by atoms with Gasteiger partial charge < -0.3 is 9.84 Å². The van der Waals surface area contributed by atoms with E-state index in [0.29, 0.717) is 17.9 Å². The molecule has 0 spiro atoms. The van der Waals surface area contributed by atoms with Gasteiger partial charge in [0, 0.05) is 12.0 Å². The zero-order valence-electron chi connectivity index (χ0n) is 15.9. The quantitative estimate of drug-likeness (QED) is 0.848. The van der Waals surface area contributed by atoms with Crippen LogP contribution in [0.25, 0.3) is 0 Å². The number of anilines is 1. The molecule has 1 fully saturated rings. The van der Waals surface area contributed by atoms with E-state index in [1.54, 1.807) is 10.7 Å². The zero-order chi connectivity index (χ0) is 19.6. The van der Waals surface area contributed by atoms with E-state index in [-0.39, 0.29) is 24.5 Å². The van der Waals surface area contributed by atoms with Crippen LogP contribution < -0.4 is 5.32 Å². The fraction of sp³-hybridized carbons (Fsp3) is 0.500. The van der Waals surface area contributed by atoms with Gasteiger partial charge >= 0.3 is 6.09 Å². The van der Waals surface area contributed by atoms with Crippen molar-refractivity contribution in [2.24, 2.45) is 0 Å². The number of aliphatic hydroxyl groups is 1. The lowest BCUT2D eigenvalue weighted by atomic mass is 10.0. The number of hydrogen-bond acceptors (Lipinski definition) is 4. The van der Waals surface area contributed by atoms with Crippen molar-refractivity contribution in [3.05, 3.63) is 47.7 Å². The average Bonchev–Trinajstić information content (AvgIpc) is 3.18. The molecular weight excluding hydrogens is 349 g/mol. The molecule has 0 bridgehead atoms. The molecule has 27 heavy (non-hydrogen) atoms. The van der Waals surface area contributed by atoms with E-state index >= 15 is 0 Å². The lowest BCUT2D eigenvalue weighted by molar-refractivity contribution is 0.103. The standard InChI is InChI=1S/C20H26FN3O3/c1-20(2,3)24-18(11-16(23-24)14-9-15(21)17(25)10-14)22-19(26)27-12-13-7-5-4-6-8-13/h4-8,11,14-15,17,25H,9-10,12H2,1-3H3,(H,22,26). The fourth-order valence-electron chi connectivity index (χ4n) is 3.27. The van der Waals surface area contributed by atoms with Crippen molar-refractivity contribution >= 4 is 11.9 Å². The predicted octanol–water partition coefficient (Wildman–Crippen LogP) is 3.96. The smallest absolute Gasteiger partial charge is 0.413 e. The number of hydrogen-bond donors (Lipinski definition) is 2. The maximum Gasteiger partial charge on any atom is 0.413 e. The highest BCUT2D eigenvalue weighted by atomic mass is 19.1. The molecule has 1 aliphatic rings. The van der Waals surface area contributed by atoms with Crippen LogP contribution in [-0.2, 0) is 16.9 Å². The van der Waals surface area contributed by atoms with Gasteiger partial charge in [0.15, 0.2) is 0 Å². The molecule has 0 aliphatic heterocycles. The Labute approximate surface area is 158 Å². The lowest BCUT2D eigenvalue weighted by Gasteiger charge is -2.22. The number of nitrogens with zero attached hydrogens (tertiary/aromatic N) is 2. The van der Waals surface area contributed by atoms with Crippen molar-refractivity contribution < 1.29 is 19.0 Å². The van der Waals surface area contributed by atoms with Gasteiger partial charge in [0.1, 0.15) is 18.6 Å². The molecule has 1 heterocycles. The third-order valence-electron chi connectivity index (χ3n) is 4.68. The zero-order valence-corrected chi connectivity index (χ0v) is 15.9. The van der Waals surface area contributed by atoms with E-state index in [1.165, 1.54) is 0 Å². The Morgan fingerprint density at radius 1 is 1.33 bits per heavy atom. The number of halogens is 1. The van der Waals surface area contributed by atoms with Crippen LogP contribution in [0.5, 0.6) is 0 Å². The van der Waals surface area contributed by atoms with Crippen molar-refractivity contribution in [3.8, 4) is 0 Å². The molecule has 1 aromatic carbocycles. The number of rotatable bonds is 4. The van der Waals surface area contributed by atoms with Gasteiger partial charge in [-0.2, -0.15) is 5.10 Å². The first kappa shape index (κ1) is 19.4. The Morgan fingerprint density at radius 2 is 2.04 bits per heavy atom. The Morgan fingerprint density at radius 3 is 2.63 bits per heavy atom. The second-order valence-corrected chi connectivity index (χ2v) is 7.98. The van der Waals surface area contributed by atoms with Crippen LogP contribution >= 0.6 is 0 Å². The molecule has 146 valence electrons.